The largest absolute Gasteiger partial charge is 0.480 e. The van der Waals surface area contributed by atoms with Crippen molar-refractivity contribution in [2.24, 2.45) is 0 Å². The number of rotatable bonds is 4. The lowest BCUT2D eigenvalue weighted by molar-refractivity contribution is -0.140. The molecule has 0 spiro atoms. The average molecular weight is 233 g/mol. The van der Waals surface area contributed by atoms with Gasteiger partial charge in [0, 0.05) is 6.08 Å². The van der Waals surface area contributed by atoms with Gasteiger partial charge in [0.1, 0.15) is 6.04 Å². The molecule has 0 aromatic heterocycles. The second-order valence-corrected chi connectivity index (χ2v) is 3.82. The van der Waals surface area contributed by atoms with Crippen molar-refractivity contribution < 1.29 is 14.7 Å². The molecule has 0 fully saturated rings. The Hall–Kier alpha value is -2.10. The molecule has 4 heteroatoms. The van der Waals surface area contributed by atoms with Crippen molar-refractivity contribution in [2.75, 3.05) is 0 Å². The Morgan fingerprint density at radius 1 is 1.41 bits per heavy atom. The molecule has 2 N–H and O–H groups in total. The van der Waals surface area contributed by atoms with Gasteiger partial charge in [-0.25, -0.2) is 0 Å². The van der Waals surface area contributed by atoms with Gasteiger partial charge in [-0.05, 0) is 25.5 Å². The van der Waals surface area contributed by atoms with E-state index in [9.17, 15) is 9.59 Å². The lowest BCUT2D eigenvalue weighted by atomic mass is 10.1. The number of carbonyl (C=O) groups is 2. The fraction of sp³-hybridized carbons (Fsp3) is 0.231. The molecule has 0 saturated carbocycles. The molecular weight excluding hydrogens is 218 g/mol. The van der Waals surface area contributed by atoms with Crippen LogP contribution in [0.1, 0.15) is 18.1 Å². The molecule has 0 aliphatic heterocycles. The normalized spacial score (nSPS) is 12.4. The number of carbonyl (C=O) groups excluding carboxylic acids is 1. The van der Waals surface area contributed by atoms with Gasteiger partial charge < -0.3 is 10.4 Å². The molecule has 0 radical (unpaired) electrons. The van der Waals surface area contributed by atoms with Crippen LogP contribution in [-0.4, -0.2) is 23.0 Å². The smallest absolute Gasteiger partial charge is 0.325 e. The van der Waals surface area contributed by atoms with Crippen molar-refractivity contribution in [3.05, 3.63) is 41.5 Å². The lowest BCUT2D eigenvalue weighted by Crippen LogP contribution is -2.37. The number of aliphatic carboxylic acids is 1. The van der Waals surface area contributed by atoms with Crippen molar-refractivity contribution >= 4 is 18.0 Å². The van der Waals surface area contributed by atoms with Gasteiger partial charge in [0.25, 0.3) is 0 Å². The summed E-state index contributed by atoms with van der Waals surface area (Å²) < 4.78 is 0. The zero-order valence-electron chi connectivity index (χ0n) is 9.81. The topological polar surface area (TPSA) is 66.4 Å². The molecule has 1 rings (SSSR count). The van der Waals surface area contributed by atoms with Crippen molar-refractivity contribution in [1.29, 1.82) is 0 Å². The molecule has 0 heterocycles. The maximum absolute atomic E-state index is 11.4. The van der Waals surface area contributed by atoms with Gasteiger partial charge in [-0.15, -0.1) is 0 Å². The van der Waals surface area contributed by atoms with E-state index >= 15 is 0 Å². The molecule has 0 saturated heterocycles. The third-order valence-corrected chi connectivity index (χ3v) is 2.20. The maximum atomic E-state index is 11.4. The summed E-state index contributed by atoms with van der Waals surface area (Å²) in [5, 5.41) is 11.0. The fourth-order valence-corrected chi connectivity index (χ4v) is 1.27. The summed E-state index contributed by atoms with van der Waals surface area (Å²) in [5.74, 6) is -1.47. The standard InChI is InChI=1S/C13H15NO3/c1-9-4-3-5-11(8-9)6-7-12(15)14-10(2)13(16)17/h3-8,10H,1-2H3,(H,14,15)(H,16,17)/b7-6+. The minimum Gasteiger partial charge on any atom is -0.480 e. The molecule has 0 aliphatic carbocycles. The van der Waals surface area contributed by atoms with Gasteiger partial charge in [-0.2, -0.15) is 0 Å². The van der Waals surface area contributed by atoms with Gasteiger partial charge in [-0.1, -0.05) is 29.8 Å². The van der Waals surface area contributed by atoms with E-state index in [-0.39, 0.29) is 0 Å². The van der Waals surface area contributed by atoms with Crippen LogP contribution in [0.3, 0.4) is 0 Å². The first kappa shape index (κ1) is 13.0. The Morgan fingerprint density at radius 3 is 2.71 bits per heavy atom. The van der Waals surface area contributed by atoms with Crippen LogP contribution in [-0.2, 0) is 9.59 Å². The first-order chi connectivity index (χ1) is 7.99. The number of aryl methyl sites for hydroxylation is 1. The van der Waals surface area contributed by atoms with Crippen molar-refractivity contribution in [2.45, 2.75) is 19.9 Å². The lowest BCUT2D eigenvalue weighted by Gasteiger charge is -2.05. The maximum Gasteiger partial charge on any atom is 0.325 e. The first-order valence-electron chi connectivity index (χ1n) is 5.27. The number of hydrogen-bond acceptors (Lipinski definition) is 2. The molecule has 0 aliphatic rings. The summed E-state index contributed by atoms with van der Waals surface area (Å²) in [6.07, 6.45) is 2.98. The molecule has 1 aromatic carbocycles. The zero-order valence-corrected chi connectivity index (χ0v) is 9.81. The van der Waals surface area contributed by atoms with Gasteiger partial charge in [0.15, 0.2) is 0 Å². The van der Waals surface area contributed by atoms with E-state index in [2.05, 4.69) is 5.32 Å². The highest BCUT2D eigenvalue weighted by Gasteiger charge is 2.11. The summed E-state index contributed by atoms with van der Waals surface area (Å²) in [5.41, 5.74) is 2.01. The Kier molecular flexibility index (Phi) is 4.46. The minimum absolute atomic E-state index is 0.415. The van der Waals surface area contributed by atoms with Crippen molar-refractivity contribution in [1.82, 2.24) is 5.32 Å². The number of carboxylic acids is 1. The molecule has 4 nitrogen and oxygen atoms in total. The minimum atomic E-state index is -1.05. The van der Waals surface area contributed by atoms with E-state index in [0.29, 0.717) is 0 Å². The van der Waals surface area contributed by atoms with E-state index in [0.717, 1.165) is 11.1 Å². The molecule has 1 atom stereocenters. The summed E-state index contributed by atoms with van der Waals surface area (Å²) in [6.45, 7) is 3.38. The molecular formula is C13H15NO3. The summed E-state index contributed by atoms with van der Waals surface area (Å²) in [4.78, 5) is 21.9. The number of carboxylic acid groups (broad SMARTS) is 1. The van der Waals surface area contributed by atoms with Crippen LogP contribution in [0.4, 0.5) is 0 Å². The SMILES string of the molecule is Cc1cccc(/C=C/C(=O)NC(C)C(=O)O)c1. The number of benzene rings is 1. The van der Waals surface area contributed by atoms with E-state index in [1.807, 2.05) is 31.2 Å². The van der Waals surface area contributed by atoms with Crippen molar-refractivity contribution in [3.63, 3.8) is 0 Å². The Labute approximate surface area is 100.0 Å². The number of nitrogens with one attached hydrogen (secondary N) is 1. The Bertz CT molecular complexity index is 452. The monoisotopic (exact) mass is 233 g/mol. The highest BCUT2D eigenvalue weighted by molar-refractivity contribution is 5.94. The van der Waals surface area contributed by atoms with Gasteiger partial charge in [0.05, 0.1) is 0 Å². The predicted octanol–water partition coefficient (Wildman–Crippen LogP) is 1.60. The van der Waals surface area contributed by atoms with Gasteiger partial charge in [-0.3, -0.25) is 9.59 Å². The highest BCUT2D eigenvalue weighted by Crippen LogP contribution is 2.05. The molecule has 17 heavy (non-hydrogen) atoms. The molecule has 1 amide bonds. The molecule has 0 bridgehead atoms. The summed E-state index contributed by atoms with van der Waals surface area (Å²) in [7, 11) is 0. The molecule has 1 unspecified atom stereocenters. The fourth-order valence-electron chi connectivity index (χ4n) is 1.27. The van der Waals surface area contributed by atoms with E-state index < -0.39 is 17.9 Å². The molecule has 90 valence electrons. The Morgan fingerprint density at radius 2 is 2.12 bits per heavy atom. The quantitative estimate of drug-likeness (QED) is 0.776. The zero-order chi connectivity index (χ0) is 12.8. The summed E-state index contributed by atoms with van der Waals surface area (Å²) >= 11 is 0. The van der Waals surface area contributed by atoms with E-state index in [4.69, 9.17) is 5.11 Å². The van der Waals surface area contributed by atoms with Crippen LogP contribution in [0.5, 0.6) is 0 Å². The second kappa shape index (κ2) is 5.84. The van der Waals surface area contributed by atoms with Crippen LogP contribution >= 0.6 is 0 Å². The van der Waals surface area contributed by atoms with Crippen molar-refractivity contribution in [3.8, 4) is 0 Å². The second-order valence-electron chi connectivity index (χ2n) is 3.82. The third-order valence-electron chi connectivity index (χ3n) is 2.20. The van der Waals surface area contributed by atoms with E-state index in [1.165, 1.54) is 13.0 Å². The average Bonchev–Trinajstić information content (AvgIpc) is 2.26. The van der Waals surface area contributed by atoms with Crippen LogP contribution in [0, 0.1) is 6.92 Å². The Balaban J connectivity index is 2.59. The first-order valence-corrected chi connectivity index (χ1v) is 5.27. The summed E-state index contributed by atoms with van der Waals surface area (Å²) in [6, 6.07) is 6.78. The number of hydrogen-bond donors (Lipinski definition) is 2. The van der Waals surface area contributed by atoms with Gasteiger partial charge in [0.2, 0.25) is 5.91 Å². The van der Waals surface area contributed by atoms with Crippen LogP contribution in [0.25, 0.3) is 6.08 Å². The van der Waals surface area contributed by atoms with Crippen LogP contribution < -0.4 is 5.32 Å². The van der Waals surface area contributed by atoms with Crippen LogP contribution in [0.15, 0.2) is 30.3 Å². The highest BCUT2D eigenvalue weighted by atomic mass is 16.4. The number of amides is 1. The molecule has 1 aromatic rings. The van der Waals surface area contributed by atoms with Gasteiger partial charge >= 0.3 is 5.97 Å². The predicted molar refractivity (Wildman–Crippen MR) is 65.5 cm³/mol. The van der Waals surface area contributed by atoms with E-state index in [1.54, 1.807) is 6.08 Å². The third kappa shape index (κ3) is 4.51. The van der Waals surface area contributed by atoms with Crippen LogP contribution in [0.2, 0.25) is 0 Å².